The minimum Gasteiger partial charge on any atom is -0.439 e. The standard InChI is InChI=1S/C37H26ClN3O2S/c38-28-21-19-27(20-22-28)37-24-34(30-23-26-13-7-8-16-31(26)39-36(30)42-29-14-5-2-6-15-29)44-33-18-10-9-17-32(33)41(37)35(40-43-37)25-11-3-1-4-12-25/h1-23,34H,24H2. The Labute approximate surface area is 264 Å². The molecule has 0 aliphatic carbocycles. The van der Waals surface area contributed by atoms with Crippen LogP contribution in [-0.4, -0.2) is 10.8 Å². The van der Waals surface area contributed by atoms with Crippen molar-refractivity contribution in [1.29, 1.82) is 0 Å². The quantitative estimate of drug-likeness (QED) is 0.194. The molecule has 5 nitrogen and oxygen atoms in total. The second-order valence-electron chi connectivity index (χ2n) is 10.8. The molecule has 0 bridgehead atoms. The molecule has 2 aliphatic rings. The van der Waals surface area contributed by atoms with Crippen LogP contribution in [0.4, 0.5) is 5.69 Å². The normalized spacial score (nSPS) is 19.0. The van der Waals surface area contributed by atoms with Gasteiger partial charge in [-0.15, -0.1) is 11.8 Å². The maximum Gasteiger partial charge on any atom is 0.242 e. The van der Waals surface area contributed by atoms with Crippen LogP contribution in [0.2, 0.25) is 5.02 Å². The van der Waals surface area contributed by atoms with Gasteiger partial charge in [0.2, 0.25) is 11.6 Å². The fourth-order valence-electron chi connectivity index (χ4n) is 5.98. The number of oxime groups is 1. The Morgan fingerprint density at radius 3 is 2.32 bits per heavy atom. The van der Waals surface area contributed by atoms with Crippen molar-refractivity contribution in [3.8, 4) is 11.6 Å². The average Bonchev–Trinajstić information content (AvgIpc) is 3.38. The molecule has 0 saturated heterocycles. The monoisotopic (exact) mass is 611 g/mol. The van der Waals surface area contributed by atoms with Crippen LogP contribution in [0, 0.1) is 0 Å². The van der Waals surface area contributed by atoms with E-state index < -0.39 is 5.72 Å². The van der Waals surface area contributed by atoms with Crippen LogP contribution in [-0.2, 0) is 10.6 Å². The summed E-state index contributed by atoms with van der Waals surface area (Å²) in [6, 6.07) is 46.7. The van der Waals surface area contributed by atoms with Crippen molar-refractivity contribution in [3.63, 3.8) is 0 Å². The number of para-hydroxylation sites is 3. The lowest BCUT2D eigenvalue weighted by atomic mass is 9.91. The summed E-state index contributed by atoms with van der Waals surface area (Å²) < 4.78 is 6.53. The van der Waals surface area contributed by atoms with Gasteiger partial charge in [0.05, 0.1) is 11.2 Å². The minimum absolute atomic E-state index is 0.113. The number of fused-ring (bicyclic) bond motifs is 4. The van der Waals surface area contributed by atoms with Crippen molar-refractivity contribution in [3.05, 3.63) is 161 Å². The van der Waals surface area contributed by atoms with Gasteiger partial charge in [-0.2, -0.15) is 0 Å². The van der Waals surface area contributed by atoms with Crippen molar-refractivity contribution in [1.82, 2.24) is 4.98 Å². The summed E-state index contributed by atoms with van der Waals surface area (Å²) in [6.07, 6.45) is 0.555. The van der Waals surface area contributed by atoms with E-state index in [2.05, 4.69) is 53.4 Å². The van der Waals surface area contributed by atoms with E-state index in [-0.39, 0.29) is 5.25 Å². The first-order valence-corrected chi connectivity index (χ1v) is 15.7. The first kappa shape index (κ1) is 26.8. The fourth-order valence-corrected chi connectivity index (χ4v) is 7.45. The molecule has 1 aromatic heterocycles. The lowest BCUT2D eigenvalue weighted by Crippen LogP contribution is -2.47. The van der Waals surface area contributed by atoms with Crippen LogP contribution < -0.4 is 9.64 Å². The lowest BCUT2D eigenvalue weighted by molar-refractivity contribution is -0.0284. The van der Waals surface area contributed by atoms with Crippen LogP contribution >= 0.6 is 23.4 Å². The van der Waals surface area contributed by atoms with Gasteiger partial charge in [0, 0.05) is 43.7 Å². The third kappa shape index (κ3) is 4.67. The van der Waals surface area contributed by atoms with Gasteiger partial charge in [0.1, 0.15) is 5.75 Å². The molecule has 0 saturated carbocycles. The molecule has 0 fully saturated rings. The highest BCUT2D eigenvalue weighted by molar-refractivity contribution is 7.99. The zero-order valence-electron chi connectivity index (χ0n) is 23.5. The number of thioether (sulfide) groups is 1. The number of anilines is 1. The van der Waals surface area contributed by atoms with Crippen molar-refractivity contribution in [2.75, 3.05) is 4.90 Å². The Kier molecular flexibility index (Phi) is 6.74. The number of aromatic nitrogens is 1. The van der Waals surface area contributed by atoms with E-state index in [9.17, 15) is 0 Å². The number of hydrogen-bond donors (Lipinski definition) is 0. The van der Waals surface area contributed by atoms with Gasteiger partial charge in [0.25, 0.3) is 0 Å². The molecule has 2 unspecified atom stereocenters. The van der Waals surface area contributed by atoms with Crippen LogP contribution in [0.5, 0.6) is 11.6 Å². The zero-order chi connectivity index (χ0) is 29.5. The zero-order valence-corrected chi connectivity index (χ0v) is 25.1. The Balaban J connectivity index is 1.34. The predicted octanol–water partition coefficient (Wildman–Crippen LogP) is 9.97. The highest BCUT2D eigenvalue weighted by Gasteiger charge is 2.53. The molecule has 2 aliphatic heterocycles. The molecule has 3 heterocycles. The van der Waals surface area contributed by atoms with E-state index >= 15 is 0 Å². The first-order valence-electron chi connectivity index (χ1n) is 14.4. The number of amidine groups is 1. The number of ether oxygens (including phenoxy) is 1. The number of benzene rings is 5. The molecule has 44 heavy (non-hydrogen) atoms. The molecular formula is C37H26ClN3O2S. The first-order chi connectivity index (χ1) is 21.7. The van der Waals surface area contributed by atoms with Gasteiger partial charge in [-0.05, 0) is 48.5 Å². The summed E-state index contributed by atoms with van der Waals surface area (Å²) in [5.41, 5.74) is 3.85. The molecular weight excluding hydrogens is 586 g/mol. The van der Waals surface area contributed by atoms with Gasteiger partial charge in [0.15, 0.2) is 5.84 Å². The van der Waals surface area contributed by atoms with Gasteiger partial charge in [-0.3, -0.25) is 4.90 Å². The van der Waals surface area contributed by atoms with Crippen molar-refractivity contribution < 1.29 is 9.57 Å². The number of halogens is 1. The number of hydrogen-bond acceptors (Lipinski definition) is 6. The summed E-state index contributed by atoms with van der Waals surface area (Å²) in [7, 11) is 0. The van der Waals surface area contributed by atoms with E-state index in [1.165, 1.54) is 0 Å². The summed E-state index contributed by atoms with van der Waals surface area (Å²) in [4.78, 5) is 15.1. The maximum atomic E-state index is 6.67. The van der Waals surface area contributed by atoms with Gasteiger partial charge < -0.3 is 9.57 Å². The maximum absolute atomic E-state index is 6.67. The minimum atomic E-state index is -0.963. The predicted molar refractivity (Wildman–Crippen MR) is 178 cm³/mol. The average molecular weight is 612 g/mol. The van der Waals surface area contributed by atoms with E-state index in [4.69, 9.17) is 31.3 Å². The van der Waals surface area contributed by atoms with E-state index in [0.717, 1.165) is 49.8 Å². The van der Waals surface area contributed by atoms with Crippen molar-refractivity contribution >= 4 is 45.8 Å². The number of pyridine rings is 1. The Bertz CT molecular complexity index is 2000. The molecule has 8 rings (SSSR count). The third-order valence-corrected chi connectivity index (χ3v) is 9.60. The fraction of sp³-hybridized carbons (Fsp3) is 0.0811. The molecule has 0 amide bonds. The molecule has 7 heteroatoms. The van der Waals surface area contributed by atoms with Crippen molar-refractivity contribution in [2.24, 2.45) is 5.16 Å². The van der Waals surface area contributed by atoms with Crippen LogP contribution in [0.25, 0.3) is 10.9 Å². The van der Waals surface area contributed by atoms with E-state index in [1.807, 2.05) is 91.0 Å². The number of rotatable bonds is 5. The SMILES string of the molecule is Clc1ccc(C23CC(c4cc5ccccc5nc4Oc4ccccc4)Sc4ccccc4N2C(c2ccccc2)=NO3)cc1. The molecule has 2 atom stereocenters. The molecule has 0 radical (unpaired) electrons. The van der Waals surface area contributed by atoms with Gasteiger partial charge in [-0.25, -0.2) is 4.98 Å². The van der Waals surface area contributed by atoms with Crippen molar-refractivity contribution in [2.45, 2.75) is 22.3 Å². The highest BCUT2D eigenvalue weighted by Crippen LogP contribution is 2.57. The summed E-state index contributed by atoms with van der Waals surface area (Å²) in [5, 5.41) is 6.38. The topological polar surface area (TPSA) is 47.0 Å². The smallest absolute Gasteiger partial charge is 0.242 e. The summed E-state index contributed by atoms with van der Waals surface area (Å²) in [6.45, 7) is 0. The van der Waals surface area contributed by atoms with Crippen LogP contribution in [0.15, 0.2) is 150 Å². The van der Waals surface area contributed by atoms with Crippen LogP contribution in [0.1, 0.15) is 28.4 Å². The highest BCUT2D eigenvalue weighted by atomic mass is 35.5. The van der Waals surface area contributed by atoms with E-state index in [0.29, 0.717) is 17.3 Å². The van der Waals surface area contributed by atoms with E-state index in [1.54, 1.807) is 11.8 Å². The summed E-state index contributed by atoms with van der Waals surface area (Å²) in [5.74, 6) is 2.06. The molecule has 214 valence electrons. The van der Waals surface area contributed by atoms with Crippen LogP contribution in [0.3, 0.4) is 0 Å². The number of nitrogens with zero attached hydrogens (tertiary/aromatic N) is 3. The second-order valence-corrected chi connectivity index (χ2v) is 12.4. The molecule has 6 aromatic rings. The largest absolute Gasteiger partial charge is 0.439 e. The summed E-state index contributed by atoms with van der Waals surface area (Å²) >= 11 is 8.19. The molecule has 0 spiro atoms. The Morgan fingerprint density at radius 2 is 1.50 bits per heavy atom. The van der Waals surface area contributed by atoms with Gasteiger partial charge in [-0.1, -0.05) is 108 Å². The molecule has 0 N–H and O–H groups in total. The Morgan fingerprint density at radius 1 is 0.795 bits per heavy atom. The Hall–Kier alpha value is -4.78. The third-order valence-electron chi connectivity index (χ3n) is 8.04. The lowest BCUT2D eigenvalue weighted by Gasteiger charge is -2.38. The van der Waals surface area contributed by atoms with Gasteiger partial charge >= 0.3 is 0 Å². The molecule has 5 aromatic carbocycles. The second kappa shape index (κ2) is 11.1.